The van der Waals surface area contributed by atoms with Crippen LogP contribution in [-0.2, 0) is 4.74 Å². The highest BCUT2D eigenvalue weighted by molar-refractivity contribution is 5.54. The summed E-state index contributed by atoms with van der Waals surface area (Å²) < 4.78 is 5.13. The van der Waals surface area contributed by atoms with Gasteiger partial charge in [-0.2, -0.15) is 0 Å². The second kappa shape index (κ2) is 6.89. The lowest BCUT2D eigenvalue weighted by molar-refractivity contribution is -0.384. The van der Waals surface area contributed by atoms with E-state index in [0.717, 1.165) is 0 Å². The van der Waals surface area contributed by atoms with Gasteiger partial charge in [-0.15, -0.1) is 0 Å². The maximum absolute atomic E-state index is 10.9. The number of pyridine rings is 1. The van der Waals surface area contributed by atoms with Crippen molar-refractivity contribution in [1.29, 1.82) is 0 Å². The molecule has 7 heteroatoms. The van der Waals surface area contributed by atoms with Gasteiger partial charge in [0.05, 0.1) is 29.7 Å². The maximum atomic E-state index is 10.9. The smallest absolute Gasteiger partial charge is 0.276 e. The highest BCUT2D eigenvalue weighted by Crippen LogP contribution is 2.21. The van der Waals surface area contributed by atoms with Crippen molar-refractivity contribution in [2.24, 2.45) is 5.92 Å². The maximum Gasteiger partial charge on any atom is 0.276 e. The molecular formula is C12H20N4O3. The first-order valence-corrected chi connectivity index (χ1v) is 6.07. The average Bonchev–Trinajstić information content (AvgIpc) is 2.37. The van der Waals surface area contributed by atoms with Crippen LogP contribution in [0.3, 0.4) is 0 Å². The van der Waals surface area contributed by atoms with Gasteiger partial charge in [0.15, 0.2) is 0 Å². The summed E-state index contributed by atoms with van der Waals surface area (Å²) in [6.45, 7) is 4.61. The first-order valence-electron chi connectivity index (χ1n) is 6.07. The molecule has 0 aliphatic heterocycles. The molecular weight excluding hydrogens is 248 g/mol. The summed E-state index contributed by atoms with van der Waals surface area (Å²) >= 11 is 0. The summed E-state index contributed by atoms with van der Waals surface area (Å²) in [5.74, 6) is 1.24. The first kappa shape index (κ1) is 15.2. The summed E-state index contributed by atoms with van der Waals surface area (Å²) in [6, 6.07) is 2.86. The minimum atomic E-state index is -0.436. The van der Waals surface area contributed by atoms with E-state index in [1.165, 1.54) is 12.1 Å². The zero-order valence-electron chi connectivity index (χ0n) is 11.6. The van der Waals surface area contributed by atoms with Crippen LogP contribution < -0.4 is 10.6 Å². The topological polar surface area (TPSA) is 89.3 Å². The number of rotatable bonds is 7. The van der Waals surface area contributed by atoms with Crippen molar-refractivity contribution in [3.63, 3.8) is 0 Å². The lowest BCUT2D eigenvalue weighted by atomic mass is 10.1. The van der Waals surface area contributed by atoms with Crippen LogP contribution in [0.15, 0.2) is 12.1 Å². The molecule has 0 aromatic carbocycles. The monoisotopic (exact) mass is 268 g/mol. The normalized spacial score (nSPS) is 12.3. The Hall–Kier alpha value is -1.89. The predicted octanol–water partition coefficient (Wildman–Crippen LogP) is 2.11. The van der Waals surface area contributed by atoms with Gasteiger partial charge < -0.3 is 15.4 Å². The highest BCUT2D eigenvalue weighted by Gasteiger charge is 2.16. The van der Waals surface area contributed by atoms with E-state index in [-0.39, 0.29) is 11.7 Å². The van der Waals surface area contributed by atoms with Crippen LogP contribution in [0.2, 0.25) is 0 Å². The minimum absolute atomic E-state index is 0.00164. The van der Waals surface area contributed by atoms with E-state index in [9.17, 15) is 10.1 Å². The van der Waals surface area contributed by atoms with Gasteiger partial charge in [-0.3, -0.25) is 10.1 Å². The van der Waals surface area contributed by atoms with Gasteiger partial charge in [0, 0.05) is 14.2 Å². The number of ether oxygens (including phenoxy) is 1. The lowest BCUT2D eigenvalue weighted by Gasteiger charge is -2.22. The van der Waals surface area contributed by atoms with Crippen molar-refractivity contribution in [1.82, 2.24) is 4.98 Å². The Morgan fingerprint density at radius 3 is 2.53 bits per heavy atom. The van der Waals surface area contributed by atoms with Gasteiger partial charge in [-0.1, -0.05) is 13.8 Å². The van der Waals surface area contributed by atoms with Crippen LogP contribution in [0.25, 0.3) is 0 Å². The standard InChI is InChI=1S/C12H20N4O3/c1-8(2)10(7-19-4)14-12-6-9(16(17)18)5-11(13-3)15-12/h5-6,8,10H,7H2,1-4H3,(H2,13,14,15). The molecule has 1 rings (SSSR count). The van der Waals surface area contributed by atoms with Crippen molar-refractivity contribution in [2.45, 2.75) is 19.9 Å². The second-order valence-electron chi connectivity index (χ2n) is 4.55. The fourth-order valence-electron chi connectivity index (χ4n) is 1.59. The zero-order valence-corrected chi connectivity index (χ0v) is 11.6. The Labute approximate surface area is 112 Å². The number of aromatic nitrogens is 1. The molecule has 19 heavy (non-hydrogen) atoms. The molecule has 1 aromatic rings. The van der Waals surface area contributed by atoms with Crippen molar-refractivity contribution in [3.05, 3.63) is 22.2 Å². The van der Waals surface area contributed by atoms with Gasteiger partial charge in [-0.05, 0) is 5.92 Å². The van der Waals surface area contributed by atoms with Crippen molar-refractivity contribution in [3.8, 4) is 0 Å². The average molecular weight is 268 g/mol. The zero-order chi connectivity index (χ0) is 14.4. The Kier molecular flexibility index (Phi) is 5.50. The van der Waals surface area contributed by atoms with Crippen molar-refractivity contribution in [2.75, 3.05) is 31.4 Å². The molecule has 0 bridgehead atoms. The van der Waals surface area contributed by atoms with Gasteiger partial charge in [0.2, 0.25) is 0 Å². The first-order chi connectivity index (χ1) is 8.97. The minimum Gasteiger partial charge on any atom is -0.383 e. The van der Waals surface area contributed by atoms with Crippen LogP contribution in [0.5, 0.6) is 0 Å². The molecule has 0 aliphatic carbocycles. The highest BCUT2D eigenvalue weighted by atomic mass is 16.6. The van der Waals surface area contributed by atoms with E-state index in [2.05, 4.69) is 15.6 Å². The van der Waals surface area contributed by atoms with Gasteiger partial charge in [0.25, 0.3) is 5.69 Å². The molecule has 1 aromatic heterocycles. The summed E-state index contributed by atoms with van der Waals surface area (Å²) in [5.41, 5.74) is 0.00164. The van der Waals surface area contributed by atoms with E-state index < -0.39 is 4.92 Å². The molecule has 0 amide bonds. The number of nitro groups is 1. The summed E-state index contributed by atoms with van der Waals surface area (Å²) in [7, 11) is 3.29. The molecule has 0 radical (unpaired) electrons. The van der Waals surface area contributed by atoms with E-state index in [0.29, 0.717) is 24.2 Å². The van der Waals surface area contributed by atoms with Gasteiger partial charge in [-0.25, -0.2) is 4.98 Å². The number of hydrogen-bond acceptors (Lipinski definition) is 6. The van der Waals surface area contributed by atoms with Gasteiger partial charge in [0.1, 0.15) is 11.6 Å². The van der Waals surface area contributed by atoms with Crippen LogP contribution in [-0.4, -0.2) is 36.7 Å². The summed E-state index contributed by atoms with van der Waals surface area (Å²) in [6.07, 6.45) is 0. The van der Waals surface area contributed by atoms with Crippen LogP contribution in [0, 0.1) is 16.0 Å². The second-order valence-corrected chi connectivity index (χ2v) is 4.55. The predicted molar refractivity (Wildman–Crippen MR) is 74.6 cm³/mol. The third-order valence-electron chi connectivity index (χ3n) is 2.76. The molecule has 1 atom stereocenters. The third kappa shape index (κ3) is 4.36. The van der Waals surface area contributed by atoms with E-state index in [1.807, 2.05) is 13.8 Å². The quantitative estimate of drug-likeness (QED) is 0.581. The Balaban J connectivity index is 2.98. The summed E-state index contributed by atoms with van der Waals surface area (Å²) in [5, 5.41) is 16.8. The number of methoxy groups -OCH3 is 1. The molecule has 0 spiro atoms. The fourth-order valence-corrected chi connectivity index (χ4v) is 1.59. The number of anilines is 2. The molecule has 1 unspecified atom stereocenters. The van der Waals surface area contributed by atoms with E-state index in [4.69, 9.17) is 4.74 Å². The molecule has 0 fully saturated rings. The molecule has 0 aliphatic rings. The Morgan fingerprint density at radius 1 is 1.42 bits per heavy atom. The number of nitrogens with one attached hydrogen (secondary N) is 2. The number of hydrogen-bond donors (Lipinski definition) is 2. The Morgan fingerprint density at radius 2 is 2.05 bits per heavy atom. The molecule has 106 valence electrons. The number of nitrogens with zero attached hydrogens (tertiary/aromatic N) is 2. The summed E-state index contributed by atoms with van der Waals surface area (Å²) in [4.78, 5) is 14.7. The molecule has 1 heterocycles. The van der Waals surface area contributed by atoms with Crippen LogP contribution >= 0.6 is 0 Å². The van der Waals surface area contributed by atoms with Gasteiger partial charge >= 0.3 is 0 Å². The Bertz CT molecular complexity index is 437. The van der Waals surface area contributed by atoms with Crippen molar-refractivity contribution >= 4 is 17.3 Å². The third-order valence-corrected chi connectivity index (χ3v) is 2.76. The lowest BCUT2D eigenvalue weighted by Crippen LogP contribution is -2.30. The molecule has 2 N–H and O–H groups in total. The van der Waals surface area contributed by atoms with E-state index >= 15 is 0 Å². The van der Waals surface area contributed by atoms with Crippen LogP contribution in [0.1, 0.15) is 13.8 Å². The molecule has 0 saturated carbocycles. The SMILES string of the molecule is CNc1cc([N+](=O)[O-])cc(NC(COC)C(C)C)n1. The van der Waals surface area contributed by atoms with Crippen LogP contribution in [0.4, 0.5) is 17.3 Å². The molecule has 0 saturated heterocycles. The molecule has 7 nitrogen and oxygen atoms in total. The van der Waals surface area contributed by atoms with Crippen molar-refractivity contribution < 1.29 is 9.66 Å². The van der Waals surface area contributed by atoms with E-state index in [1.54, 1.807) is 14.2 Å². The largest absolute Gasteiger partial charge is 0.383 e. The fraction of sp³-hybridized carbons (Fsp3) is 0.583.